The number of hydrogen-bond acceptors (Lipinski definition) is 20. The highest BCUT2D eigenvalue weighted by Crippen LogP contribution is 2.34. The molecule has 20 nitrogen and oxygen atoms in total. The molecule has 20 heteroatoms. The SMILES string of the molecule is CC(=O)OOC(=O)[C@]1(CO)O[C@H](OC2[C@@H](CO)O[C@@H](OC3[C@@H](CO)O[C@@H](O)[C@H](N)[C@H]3O)[C@H](N)[C@H]2O)[C@H](N)[C@@H](O)[C@@H]1O. The van der Waals surface area contributed by atoms with E-state index in [9.17, 15) is 50.4 Å². The Morgan fingerprint density at radius 1 is 0.756 bits per heavy atom. The summed E-state index contributed by atoms with van der Waals surface area (Å²) in [5.74, 6) is -2.71. The summed E-state index contributed by atoms with van der Waals surface area (Å²) in [5, 5.41) is 81.6. The third kappa shape index (κ3) is 6.62. The molecule has 0 saturated carbocycles. The first kappa shape index (κ1) is 33.8. The largest absolute Gasteiger partial charge is 0.394 e. The van der Waals surface area contributed by atoms with Crippen molar-refractivity contribution >= 4 is 11.9 Å². The molecular formula is C21H37N3O17. The number of nitrogens with two attached hydrogens (primary N) is 3. The van der Waals surface area contributed by atoms with Crippen LogP contribution in [0.3, 0.4) is 0 Å². The molecule has 41 heavy (non-hydrogen) atoms. The van der Waals surface area contributed by atoms with Gasteiger partial charge in [0.15, 0.2) is 18.9 Å². The van der Waals surface area contributed by atoms with Crippen LogP contribution >= 0.6 is 0 Å². The van der Waals surface area contributed by atoms with Gasteiger partial charge in [-0.3, -0.25) is 0 Å². The van der Waals surface area contributed by atoms with E-state index >= 15 is 0 Å². The zero-order chi connectivity index (χ0) is 30.8. The first-order valence-electron chi connectivity index (χ1n) is 12.4. The van der Waals surface area contributed by atoms with Gasteiger partial charge in [-0.15, -0.1) is 0 Å². The van der Waals surface area contributed by atoms with Crippen molar-refractivity contribution in [3.05, 3.63) is 0 Å². The zero-order valence-corrected chi connectivity index (χ0v) is 21.7. The van der Waals surface area contributed by atoms with Crippen LogP contribution in [0, 0.1) is 0 Å². The van der Waals surface area contributed by atoms with Crippen molar-refractivity contribution in [2.24, 2.45) is 17.2 Å². The molecule has 3 aliphatic heterocycles. The summed E-state index contributed by atoms with van der Waals surface area (Å²) in [7, 11) is 0. The Morgan fingerprint density at radius 3 is 1.80 bits per heavy atom. The molecule has 15 atom stereocenters. The summed E-state index contributed by atoms with van der Waals surface area (Å²) in [6, 6.07) is -4.47. The Bertz CT molecular complexity index is 899. The van der Waals surface area contributed by atoms with Gasteiger partial charge in [0.1, 0.15) is 48.8 Å². The predicted molar refractivity (Wildman–Crippen MR) is 124 cm³/mol. The normalized spacial score (nSPS) is 47.0. The van der Waals surface area contributed by atoms with Crippen molar-refractivity contribution in [1.29, 1.82) is 0 Å². The van der Waals surface area contributed by atoms with Gasteiger partial charge in [0.25, 0.3) is 0 Å². The van der Waals surface area contributed by atoms with Gasteiger partial charge in [-0.2, -0.15) is 0 Å². The lowest BCUT2D eigenvalue weighted by atomic mass is 9.86. The molecule has 0 amide bonds. The van der Waals surface area contributed by atoms with E-state index < -0.39 is 123 Å². The van der Waals surface area contributed by atoms with Crippen LogP contribution in [0.25, 0.3) is 0 Å². The highest BCUT2D eigenvalue weighted by Gasteiger charge is 2.61. The van der Waals surface area contributed by atoms with Crippen LogP contribution in [0.2, 0.25) is 0 Å². The number of hydrogen-bond donors (Lipinski definition) is 11. The number of carbonyl (C=O) groups is 2. The van der Waals surface area contributed by atoms with E-state index in [0.717, 1.165) is 6.92 Å². The second kappa shape index (κ2) is 13.7. The number of aliphatic hydroxyl groups is 8. The van der Waals surface area contributed by atoms with Crippen LogP contribution < -0.4 is 17.2 Å². The van der Waals surface area contributed by atoms with Gasteiger partial charge in [0.2, 0.25) is 5.60 Å². The summed E-state index contributed by atoms with van der Waals surface area (Å²) in [6.07, 6.45) is -18.4. The first-order chi connectivity index (χ1) is 19.2. The van der Waals surface area contributed by atoms with Gasteiger partial charge < -0.3 is 81.7 Å². The van der Waals surface area contributed by atoms with Crippen LogP contribution in [0.5, 0.6) is 0 Å². The molecule has 2 unspecified atom stereocenters. The molecule has 0 aromatic heterocycles. The van der Waals surface area contributed by atoms with E-state index in [-0.39, 0.29) is 0 Å². The second-order valence-corrected chi connectivity index (χ2v) is 9.80. The lowest BCUT2D eigenvalue weighted by molar-refractivity contribution is -0.362. The van der Waals surface area contributed by atoms with E-state index in [4.69, 9.17) is 40.9 Å². The van der Waals surface area contributed by atoms with Crippen LogP contribution in [0.15, 0.2) is 0 Å². The minimum Gasteiger partial charge on any atom is -0.394 e. The maximum Gasteiger partial charge on any atom is 0.392 e. The molecule has 0 spiro atoms. The van der Waals surface area contributed by atoms with Crippen LogP contribution in [-0.4, -0.2) is 164 Å². The van der Waals surface area contributed by atoms with Crippen molar-refractivity contribution in [2.75, 3.05) is 19.8 Å². The fourth-order valence-electron chi connectivity index (χ4n) is 4.61. The maximum absolute atomic E-state index is 12.6. The summed E-state index contributed by atoms with van der Waals surface area (Å²) in [5.41, 5.74) is 14.9. The lowest BCUT2D eigenvalue weighted by Gasteiger charge is -2.50. The standard InChI is InChI=1S/C21H37N3O17/c1-5(28)40-41-20(34)21(4-27)16(32)13(31)10(24)19(39-21)38-15-7(3-26)36-18(9(23)12(15)30)37-14-6(2-25)35-17(33)8(22)11(14)29/h6-19,25-27,29-33H,2-4,22-24H2,1H3/t6-,7-,8-,9-,10-,11-,12-,13-,14?,15?,16+,17-,18+,19+,21-/m1/s1. The van der Waals surface area contributed by atoms with E-state index in [1.807, 2.05) is 0 Å². The summed E-state index contributed by atoms with van der Waals surface area (Å²) in [6.45, 7) is -2.01. The highest BCUT2D eigenvalue weighted by molar-refractivity contribution is 5.81. The molecule has 3 rings (SSSR count). The van der Waals surface area contributed by atoms with Gasteiger partial charge in [-0.1, -0.05) is 0 Å². The van der Waals surface area contributed by atoms with Crippen LogP contribution in [0.1, 0.15) is 6.92 Å². The van der Waals surface area contributed by atoms with Crippen molar-refractivity contribution in [3.8, 4) is 0 Å². The molecule has 3 saturated heterocycles. The molecule has 0 aromatic carbocycles. The van der Waals surface area contributed by atoms with Gasteiger partial charge in [0, 0.05) is 6.92 Å². The van der Waals surface area contributed by atoms with Crippen molar-refractivity contribution in [2.45, 2.75) is 98.4 Å². The topological polar surface area (TPSA) is 339 Å². The van der Waals surface area contributed by atoms with E-state index in [0.29, 0.717) is 0 Å². The maximum atomic E-state index is 12.6. The summed E-state index contributed by atoms with van der Waals surface area (Å²) in [4.78, 5) is 32.0. The summed E-state index contributed by atoms with van der Waals surface area (Å²) < 4.78 is 27.4. The lowest BCUT2D eigenvalue weighted by Crippen LogP contribution is -2.73. The second-order valence-electron chi connectivity index (χ2n) is 9.80. The average molecular weight is 604 g/mol. The molecule has 0 bridgehead atoms. The van der Waals surface area contributed by atoms with Gasteiger partial charge in [0.05, 0.1) is 37.9 Å². The number of rotatable bonds is 8. The van der Waals surface area contributed by atoms with Crippen LogP contribution in [-0.2, 0) is 43.0 Å². The molecular weight excluding hydrogens is 566 g/mol. The van der Waals surface area contributed by atoms with E-state index in [1.54, 1.807) is 0 Å². The minimum absolute atomic E-state index is 0.719. The molecule has 3 aliphatic rings. The van der Waals surface area contributed by atoms with Gasteiger partial charge in [-0.25, -0.2) is 19.4 Å². The number of aliphatic hydroxyl groups excluding tert-OH is 8. The monoisotopic (exact) mass is 603 g/mol. The molecule has 3 heterocycles. The predicted octanol–water partition coefficient (Wildman–Crippen LogP) is -8.28. The van der Waals surface area contributed by atoms with Gasteiger partial charge in [-0.05, 0) is 0 Å². The Balaban J connectivity index is 1.79. The smallest absolute Gasteiger partial charge is 0.392 e. The first-order valence-corrected chi connectivity index (χ1v) is 12.4. The average Bonchev–Trinajstić information content (AvgIpc) is 2.95. The van der Waals surface area contributed by atoms with Crippen molar-refractivity contribution < 1.29 is 83.9 Å². The number of ether oxygens (including phenoxy) is 5. The van der Waals surface area contributed by atoms with E-state index in [2.05, 4.69) is 9.78 Å². The molecule has 14 N–H and O–H groups in total. The Hall–Kier alpha value is -1.70. The molecule has 238 valence electrons. The molecule has 3 fully saturated rings. The fraction of sp³-hybridized carbons (Fsp3) is 0.905. The Labute approximate surface area is 231 Å². The summed E-state index contributed by atoms with van der Waals surface area (Å²) >= 11 is 0. The van der Waals surface area contributed by atoms with Gasteiger partial charge >= 0.3 is 11.9 Å². The minimum atomic E-state index is -2.78. The van der Waals surface area contributed by atoms with Crippen molar-refractivity contribution in [1.82, 2.24) is 0 Å². The van der Waals surface area contributed by atoms with Crippen LogP contribution in [0.4, 0.5) is 0 Å². The Kier molecular flexibility index (Phi) is 11.3. The quantitative estimate of drug-likeness (QED) is 0.0905. The molecule has 0 aliphatic carbocycles. The van der Waals surface area contributed by atoms with Crippen molar-refractivity contribution in [3.63, 3.8) is 0 Å². The number of carbonyl (C=O) groups excluding carboxylic acids is 2. The molecule has 0 radical (unpaired) electrons. The third-order valence-electron chi connectivity index (χ3n) is 7.06. The molecule has 0 aromatic rings. The fourth-order valence-corrected chi connectivity index (χ4v) is 4.61. The third-order valence-corrected chi connectivity index (χ3v) is 7.06. The van der Waals surface area contributed by atoms with E-state index in [1.165, 1.54) is 0 Å². The Morgan fingerprint density at radius 2 is 1.27 bits per heavy atom. The zero-order valence-electron chi connectivity index (χ0n) is 21.7. The highest BCUT2D eigenvalue weighted by atomic mass is 17.2.